The predicted molar refractivity (Wildman–Crippen MR) is 79.9 cm³/mol. The van der Waals surface area contributed by atoms with E-state index < -0.39 is 23.8 Å². The second kappa shape index (κ2) is 6.28. The van der Waals surface area contributed by atoms with Crippen molar-refractivity contribution in [3.05, 3.63) is 35.6 Å². The van der Waals surface area contributed by atoms with Gasteiger partial charge in [-0.15, -0.1) is 0 Å². The molecule has 2 N–H and O–H groups in total. The number of halogens is 1. The average Bonchev–Trinajstić information content (AvgIpc) is 3.25. The molecule has 5 nitrogen and oxygen atoms in total. The standard InChI is InChI=1S/C17H20FNO4/c18-12-3-1-2-11(6-12)15(20)7-16(21)19-8-13(10-4-5-10)14(9-19)17(22)23/h1-3,6,10,13-15,20H,4-5,7-9H2,(H,22,23)/t13-,14+,15?/m1/s1. The van der Waals surface area contributed by atoms with Gasteiger partial charge < -0.3 is 15.1 Å². The van der Waals surface area contributed by atoms with Gasteiger partial charge in [0.15, 0.2) is 0 Å². The molecule has 1 aromatic rings. The third kappa shape index (κ3) is 3.52. The zero-order valence-corrected chi connectivity index (χ0v) is 12.7. The van der Waals surface area contributed by atoms with Gasteiger partial charge in [0.1, 0.15) is 5.82 Å². The van der Waals surface area contributed by atoms with Crippen LogP contribution in [-0.4, -0.2) is 40.1 Å². The minimum atomic E-state index is -1.08. The van der Waals surface area contributed by atoms with Gasteiger partial charge in [-0.05, 0) is 42.4 Å². The summed E-state index contributed by atoms with van der Waals surface area (Å²) in [6.07, 6.45) is 0.819. The minimum Gasteiger partial charge on any atom is -0.481 e. The Hall–Kier alpha value is -1.95. The van der Waals surface area contributed by atoms with Crippen molar-refractivity contribution in [3.8, 4) is 0 Å². The van der Waals surface area contributed by atoms with E-state index in [-0.39, 0.29) is 24.8 Å². The first kappa shape index (κ1) is 15.9. The highest BCUT2D eigenvalue weighted by Gasteiger charge is 2.46. The quantitative estimate of drug-likeness (QED) is 0.867. The van der Waals surface area contributed by atoms with Gasteiger partial charge >= 0.3 is 5.97 Å². The molecule has 0 bridgehead atoms. The molecule has 0 aromatic heterocycles. The maximum Gasteiger partial charge on any atom is 0.308 e. The van der Waals surface area contributed by atoms with E-state index in [9.17, 15) is 24.2 Å². The van der Waals surface area contributed by atoms with E-state index in [1.54, 1.807) is 6.07 Å². The maximum atomic E-state index is 13.2. The van der Waals surface area contributed by atoms with Gasteiger partial charge in [0.05, 0.1) is 18.4 Å². The number of hydrogen-bond acceptors (Lipinski definition) is 3. The van der Waals surface area contributed by atoms with Crippen LogP contribution in [0.4, 0.5) is 4.39 Å². The summed E-state index contributed by atoms with van der Waals surface area (Å²) in [5, 5.41) is 19.4. The first-order valence-electron chi connectivity index (χ1n) is 7.90. The van der Waals surface area contributed by atoms with Gasteiger partial charge in [0, 0.05) is 13.1 Å². The summed E-state index contributed by atoms with van der Waals surface area (Å²) in [7, 11) is 0. The fraction of sp³-hybridized carbons (Fsp3) is 0.529. The summed E-state index contributed by atoms with van der Waals surface area (Å²) in [5.41, 5.74) is 0.353. The molecule has 3 rings (SSSR count). The predicted octanol–water partition coefficient (Wildman–Crippen LogP) is 1.82. The van der Waals surface area contributed by atoms with Gasteiger partial charge in [-0.1, -0.05) is 12.1 Å². The molecule has 1 saturated heterocycles. The van der Waals surface area contributed by atoms with Crippen molar-refractivity contribution in [3.63, 3.8) is 0 Å². The number of hydrogen-bond donors (Lipinski definition) is 2. The van der Waals surface area contributed by atoms with Crippen LogP contribution < -0.4 is 0 Å². The highest BCUT2D eigenvalue weighted by atomic mass is 19.1. The number of nitrogens with zero attached hydrogens (tertiary/aromatic N) is 1. The number of amides is 1. The third-order valence-corrected chi connectivity index (χ3v) is 4.86. The number of carboxylic acids is 1. The molecule has 2 aliphatic rings. The second-order valence-electron chi connectivity index (χ2n) is 6.52. The van der Waals surface area contributed by atoms with Crippen molar-refractivity contribution >= 4 is 11.9 Å². The van der Waals surface area contributed by atoms with Crippen LogP contribution in [0.5, 0.6) is 0 Å². The Morgan fingerprint density at radius 3 is 2.65 bits per heavy atom. The Kier molecular flexibility index (Phi) is 4.35. The molecule has 1 aromatic carbocycles. The lowest BCUT2D eigenvalue weighted by Crippen LogP contribution is -2.31. The number of carboxylic acid groups (broad SMARTS) is 1. The minimum absolute atomic E-state index is 0.0164. The number of aliphatic hydroxyl groups is 1. The fourth-order valence-electron chi connectivity index (χ4n) is 3.42. The van der Waals surface area contributed by atoms with Crippen LogP contribution in [0.1, 0.15) is 30.9 Å². The summed E-state index contributed by atoms with van der Waals surface area (Å²) >= 11 is 0. The summed E-state index contributed by atoms with van der Waals surface area (Å²) in [4.78, 5) is 25.2. The Labute approximate surface area is 133 Å². The molecule has 23 heavy (non-hydrogen) atoms. The molecule has 1 amide bonds. The number of benzene rings is 1. The summed E-state index contributed by atoms with van der Waals surface area (Å²) in [5.74, 6) is -1.70. The Morgan fingerprint density at radius 1 is 1.30 bits per heavy atom. The van der Waals surface area contributed by atoms with E-state index >= 15 is 0 Å². The molecule has 1 aliphatic carbocycles. The van der Waals surface area contributed by atoms with Crippen molar-refractivity contribution in [2.75, 3.05) is 13.1 Å². The highest BCUT2D eigenvalue weighted by molar-refractivity contribution is 5.79. The molecular formula is C17H20FNO4. The van der Waals surface area contributed by atoms with Crippen molar-refractivity contribution < 1.29 is 24.2 Å². The van der Waals surface area contributed by atoms with Crippen molar-refractivity contribution in [2.45, 2.75) is 25.4 Å². The van der Waals surface area contributed by atoms with E-state index in [0.717, 1.165) is 12.8 Å². The largest absolute Gasteiger partial charge is 0.481 e. The Morgan fingerprint density at radius 2 is 2.04 bits per heavy atom. The third-order valence-electron chi connectivity index (χ3n) is 4.86. The second-order valence-corrected chi connectivity index (χ2v) is 6.52. The molecule has 1 aliphatic heterocycles. The van der Waals surface area contributed by atoms with Gasteiger partial charge in [-0.2, -0.15) is 0 Å². The molecule has 3 atom stereocenters. The lowest BCUT2D eigenvalue weighted by atomic mass is 9.92. The van der Waals surface area contributed by atoms with Crippen LogP contribution in [0.3, 0.4) is 0 Å². The number of aliphatic hydroxyl groups excluding tert-OH is 1. The molecule has 0 spiro atoms. The molecule has 1 unspecified atom stereocenters. The number of likely N-dealkylation sites (tertiary alicyclic amines) is 1. The number of carbonyl (C=O) groups excluding carboxylic acids is 1. The lowest BCUT2D eigenvalue weighted by molar-refractivity contribution is -0.142. The Balaban J connectivity index is 1.63. The molecule has 6 heteroatoms. The highest BCUT2D eigenvalue weighted by Crippen LogP contribution is 2.44. The molecule has 124 valence electrons. The molecular weight excluding hydrogens is 301 g/mol. The summed E-state index contributed by atoms with van der Waals surface area (Å²) in [6, 6.07) is 5.53. The van der Waals surface area contributed by atoms with Gasteiger partial charge in [-0.25, -0.2) is 4.39 Å². The van der Waals surface area contributed by atoms with E-state index in [1.807, 2.05) is 0 Å². The van der Waals surface area contributed by atoms with Gasteiger partial charge in [0.2, 0.25) is 5.91 Å². The zero-order valence-electron chi connectivity index (χ0n) is 12.7. The first-order chi connectivity index (χ1) is 11.0. The summed E-state index contributed by atoms with van der Waals surface area (Å²) in [6.45, 7) is 0.640. The van der Waals surface area contributed by atoms with Crippen LogP contribution in [0.25, 0.3) is 0 Å². The van der Waals surface area contributed by atoms with Crippen molar-refractivity contribution in [1.29, 1.82) is 0 Å². The monoisotopic (exact) mass is 321 g/mol. The van der Waals surface area contributed by atoms with E-state index in [1.165, 1.54) is 23.1 Å². The average molecular weight is 321 g/mol. The number of rotatable bonds is 5. The number of aliphatic carboxylic acids is 1. The lowest BCUT2D eigenvalue weighted by Gasteiger charge is -2.19. The zero-order chi connectivity index (χ0) is 16.6. The van der Waals surface area contributed by atoms with Crippen LogP contribution in [0.15, 0.2) is 24.3 Å². The van der Waals surface area contributed by atoms with Crippen molar-refractivity contribution in [1.82, 2.24) is 4.90 Å². The van der Waals surface area contributed by atoms with Gasteiger partial charge in [0.25, 0.3) is 0 Å². The smallest absolute Gasteiger partial charge is 0.308 e. The molecule has 0 radical (unpaired) electrons. The van der Waals surface area contributed by atoms with Crippen molar-refractivity contribution in [2.24, 2.45) is 17.8 Å². The molecule has 1 saturated carbocycles. The first-order valence-corrected chi connectivity index (χ1v) is 7.90. The van der Waals surface area contributed by atoms with E-state index in [0.29, 0.717) is 18.0 Å². The Bertz CT molecular complexity index is 616. The van der Waals surface area contributed by atoms with E-state index in [4.69, 9.17) is 0 Å². The van der Waals surface area contributed by atoms with Gasteiger partial charge in [-0.3, -0.25) is 9.59 Å². The molecule has 2 fully saturated rings. The summed E-state index contributed by atoms with van der Waals surface area (Å²) < 4.78 is 13.2. The number of carbonyl (C=O) groups is 2. The SMILES string of the molecule is O=C(O)[C@H]1CN(C(=O)CC(O)c2cccc(F)c2)C[C@@H]1C1CC1. The topological polar surface area (TPSA) is 77.8 Å². The fourth-order valence-corrected chi connectivity index (χ4v) is 3.42. The van der Waals surface area contributed by atoms with Crippen LogP contribution in [-0.2, 0) is 9.59 Å². The normalized spacial score (nSPS) is 25.4. The van der Waals surface area contributed by atoms with Crippen LogP contribution in [0, 0.1) is 23.6 Å². The van der Waals surface area contributed by atoms with Crippen LogP contribution >= 0.6 is 0 Å². The maximum absolute atomic E-state index is 13.2. The van der Waals surface area contributed by atoms with E-state index in [2.05, 4.69) is 0 Å². The van der Waals surface area contributed by atoms with Crippen LogP contribution in [0.2, 0.25) is 0 Å². The molecule has 1 heterocycles.